The lowest BCUT2D eigenvalue weighted by Gasteiger charge is -2.08. The molecule has 0 aliphatic heterocycles. The minimum Gasteiger partial charge on any atom is -0.496 e. The molecule has 1 aromatic rings. The number of hydrogen-bond acceptors (Lipinski definition) is 2. The lowest BCUT2D eigenvalue weighted by molar-refractivity contribution is 0.411. The van der Waals surface area contributed by atoms with Crippen molar-refractivity contribution in [2.75, 3.05) is 7.11 Å². The Labute approximate surface area is 95.6 Å². The second-order valence-corrected chi connectivity index (χ2v) is 3.92. The molecule has 68 valence electrons. The largest absolute Gasteiger partial charge is 0.496 e. The Morgan fingerprint density at radius 3 is 2.85 bits per heavy atom. The van der Waals surface area contributed by atoms with Gasteiger partial charge in [0.15, 0.2) is 0 Å². The van der Waals surface area contributed by atoms with E-state index in [0.717, 1.165) is 9.13 Å². The van der Waals surface area contributed by atoms with Crippen LogP contribution in [0.5, 0.6) is 5.75 Å². The number of methoxy groups -OCH3 is 1. The van der Waals surface area contributed by atoms with Crippen LogP contribution in [-0.2, 0) is 6.42 Å². The Bertz CT molecular complexity index is 359. The second-order valence-electron chi connectivity index (χ2n) is 2.38. The van der Waals surface area contributed by atoms with E-state index in [9.17, 15) is 0 Å². The molecule has 0 saturated heterocycles. The van der Waals surface area contributed by atoms with Crippen molar-refractivity contribution in [2.24, 2.45) is 0 Å². The molecule has 0 aliphatic carbocycles. The molecule has 0 aliphatic rings. The highest BCUT2D eigenvalue weighted by Crippen LogP contribution is 2.30. The molecule has 0 atom stereocenters. The molecule has 0 amide bonds. The number of nitrogens with zero attached hydrogens (tertiary/aromatic N) is 1. The summed E-state index contributed by atoms with van der Waals surface area (Å²) in [5, 5.41) is 9.20. The summed E-state index contributed by atoms with van der Waals surface area (Å²) in [4.78, 5) is 0. The highest BCUT2D eigenvalue weighted by Gasteiger charge is 2.09. The molecule has 0 spiro atoms. The summed E-state index contributed by atoms with van der Waals surface area (Å²) in [5.74, 6) is 0.673. The number of ether oxygens (including phenoxy) is 1. The van der Waals surface area contributed by atoms with Crippen molar-refractivity contribution < 1.29 is 4.74 Å². The predicted molar refractivity (Wildman–Crippen MR) is 60.0 cm³/mol. The van der Waals surface area contributed by atoms with Gasteiger partial charge in [-0.1, -0.05) is 11.6 Å². The first-order valence-electron chi connectivity index (χ1n) is 3.58. The van der Waals surface area contributed by atoms with Crippen LogP contribution >= 0.6 is 34.2 Å². The number of rotatable bonds is 2. The molecular formula is C9H7ClINO. The Morgan fingerprint density at radius 2 is 2.31 bits per heavy atom. The van der Waals surface area contributed by atoms with E-state index >= 15 is 0 Å². The van der Waals surface area contributed by atoms with Crippen molar-refractivity contribution in [1.82, 2.24) is 0 Å². The monoisotopic (exact) mass is 307 g/mol. The first kappa shape index (κ1) is 10.6. The minimum absolute atomic E-state index is 0.277. The van der Waals surface area contributed by atoms with Crippen molar-refractivity contribution >= 4 is 34.2 Å². The number of benzene rings is 1. The van der Waals surface area contributed by atoms with Crippen LogP contribution in [0.3, 0.4) is 0 Å². The SMILES string of the molecule is COc1ccc(I)c(Cl)c1CC#N. The van der Waals surface area contributed by atoms with Gasteiger partial charge in [-0.05, 0) is 34.7 Å². The van der Waals surface area contributed by atoms with Crippen LogP contribution in [0.15, 0.2) is 12.1 Å². The normalized spacial score (nSPS) is 9.38. The van der Waals surface area contributed by atoms with Crippen LogP contribution in [0, 0.1) is 14.9 Å². The predicted octanol–water partition coefficient (Wildman–Crippen LogP) is 3.02. The van der Waals surface area contributed by atoms with E-state index < -0.39 is 0 Å². The summed E-state index contributed by atoms with van der Waals surface area (Å²) in [6.45, 7) is 0. The van der Waals surface area contributed by atoms with E-state index in [0.29, 0.717) is 10.8 Å². The van der Waals surface area contributed by atoms with Crippen molar-refractivity contribution in [3.63, 3.8) is 0 Å². The van der Waals surface area contributed by atoms with Gasteiger partial charge in [-0.25, -0.2) is 0 Å². The Kier molecular flexibility index (Phi) is 3.82. The molecule has 1 rings (SSSR count). The van der Waals surface area contributed by atoms with Gasteiger partial charge in [0, 0.05) is 9.13 Å². The van der Waals surface area contributed by atoms with Crippen LogP contribution in [0.4, 0.5) is 0 Å². The molecule has 2 nitrogen and oxygen atoms in total. The number of nitriles is 1. The molecule has 4 heteroatoms. The van der Waals surface area contributed by atoms with Crippen LogP contribution in [0.2, 0.25) is 5.02 Å². The Hall–Kier alpha value is -0.470. The highest BCUT2D eigenvalue weighted by atomic mass is 127. The molecular weight excluding hydrogens is 300 g/mol. The van der Waals surface area contributed by atoms with Crippen LogP contribution in [0.1, 0.15) is 5.56 Å². The molecule has 0 aromatic heterocycles. The third-order valence-corrected chi connectivity index (χ3v) is 3.28. The topological polar surface area (TPSA) is 33.0 Å². The second kappa shape index (κ2) is 4.68. The van der Waals surface area contributed by atoms with E-state index in [1.54, 1.807) is 7.11 Å². The summed E-state index contributed by atoms with van der Waals surface area (Å²) in [6, 6.07) is 5.74. The zero-order chi connectivity index (χ0) is 9.84. The molecule has 0 fully saturated rings. The molecule has 0 saturated carbocycles. The highest BCUT2D eigenvalue weighted by molar-refractivity contribution is 14.1. The maximum Gasteiger partial charge on any atom is 0.124 e. The maximum atomic E-state index is 8.59. The van der Waals surface area contributed by atoms with Crippen LogP contribution in [-0.4, -0.2) is 7.11 Å². The molecule has 1 aromatic carbocycles. The molecule has 13 heavy (non-hydrogen) atoms. The standard InChI is InChI=1S/C9H7ClINO/c1-13-8-3-2-7(11)9(10)6(8)4-5-12/h2-3H,4H2,1H3. The summed E-state index contributed by atoms with van der Waals surface area (Å²) >= 11 is 8.14. The third kappa shape index (κ3) is 2.26. The number of halogens is 2. The average molecular weight is 308 g/mol. The van der Waals surface area contributed by atoms with Gasteiger partial charge in [0.05, 0.1) is 24.6 Å². The molecule has 0 radical (unpaired) electrons. The Morgan fingerprint density at radius 1 is 1.62 bits per heavy atom. The molecule has 0 N–H and O–H groups in total. The minimum atomic E-state index is 0.277. The van der Waals surface area contributed by atoms with Gasteiger partial charge in [-0.2, -0.15) is 5.26 Å². The summed E-state index contributed by atoms with van der Waals surface area (Å²) < 4.78 is 6.03. The van der Waals surface area contributed by atoms with Crippen LogP contribution in [0.25, 0.3) is 0 Å². The maximum absolute atomic E-state index is 8.59. The smallest absolute Gasteiger partial charge is 0.124 e. The van der Waals surface area contributed by atoms with E-state index in [2.05, 4.69) is 28.7 Å². The fourth-order valence-corrected chi connectivity index (χ4v) is 1.74. The summed E-state index contributed by atoms with van der Waals surface area (Å²) in [7, 11) is 1.57. The van der Waals surface area contributed by atoms with E-state index in [1.165, 1.54) is 0 Å². The Balaban J connectivity index is 3.25. The van der Waals surface area contributed by atoms with E-state index in [4.69, 9.17) is 21.6 Å². The van der Waals surface area contributed by atoms with Gasteiger partial charge in [0.2, 0.25) is 0 Å². The first-order chi connectivity index (χ1) is 6.20. The average Bonchev–Trinajstić information content (AvgIpc) is 2.14. The third-order valence-electron chi connectivity index (χ3n) is 1.63. The lowest BCUT2D eigenvalue weighted by atomic mass is 10.1. The van der Waals surface area contributed by atoms with Crippen LogP contribution < -0.4 is 4.74 Å². The van der Waals surface area contributed by atoms with Gasteiger partial charge in [-0.15, -0.1) is 0 Å². The lowest BCUT2D eigenvalue weighted by Crippen LogP contribution is -1.93. The van der Waals surface area contributed by atoms with Crippen molar-refractivity contribution in [1.29, 1.82) is 5.26 Å². The van der Waals surface area contributed by atoms with Crippen molar-refractivity contribution in [2.45, 2.75) is 6.42 Å². The van der Waals surface area contributed by atoms with Crippen molar-refractivity contribution in [3.05, 3.63) is 26.3 Å². The van der Waals surface area contributed by atoms with Gasteiger partial charge in [-0.3, -0.25) is 0 Å². The molecule has 0 bridgehead atoms. The fraction of sp³-hybridized carbons (Fsp3) is 0.222. The molecule has 0 unspecified atom stereocenters. The van der Waals surface area contributed by atoms with Gasteiger partial charge < -0.3 is 4.74 Å². The summed E-state index contributed by atoms with van der Waals surface area (Å²) in [6.07, 6.45) is 0.277. The van der Waals surface area contributed by atoms with Crippen molar-refractivity contribution in [3.8, 4) is 11.8 Å². The van der Waals surface area contributed by atoms with E-state index in [1.807, 2.05) is 12.1 Å². The van der Waals surface area contributed by atoms with E-state index in [-0.39, 0.29) is 6.42 Å². The zero-order valence-corrected chi connectivity index (χ0v) is 9.89. The fourth-order valence-electron chi connectivity index (χ4n) is 1.01. The van der Waals surface area contributed by atoms with Gasteiger partial charge in [0.25, 0.3) is 0 Å². The summed E-state index contributed by atoms with van der Waals surface area (Å²) in [5.41, 5.74) is 0.763. The quantitative estimate of drug-likeness (QED) is 0.787. The zero-order valence-electron chi connectivity index (χ0n) is 6.97. The molecule has 0 heterocycles. The van der Waals surface area contributed by atoms with Gasteiger partial charge in [0.1, 0.15) is 5.75 Å². The van der Waals surface area contributed by atoms with Gasteiger partial charge >= 0.3 is 0 Å². The first-order valence-corrected chi connectivity index (χ1v) is 5.04. The number of hydrogen-bond donors (Lipinski definition) is 0.